The van der Waals surface area contributed by atoms with Gasteiger partial charge in [0.15, 0.2) is 18.1 Å². The van der Waals surface area contributed by atoms with Crippen LogP contribution in [0, 0.1) is 25.2 Å². The zero-order chi connectivity index (χ0) is 18.2. The molecule has 25 heavy (non-hydrogen) atoms. The molecule has 0 bridgehead atoms. The topological polar surface area (TPSA) is 84.2 Å². The molecule has 1 aromatic heterocycles. The lowest BCUT2D eigenvalue weighted by molar-refractivity contribution is -0.111. The number of pyridine rings is 1. The lowest BCUT2D eigenvalue weighted by Gasteiger charge is -2.09. The third-order valence-corrected chi connectivity index (χ3v) is 3.26. The molecule has 1 heterocycles. The summed E-state index contributed by atoms with van der Waals surface area (Å²) in [5, 5.41) is 11.4. The van der Waals surface area contributed by atoms with E-state index in [1.807, 2.05) is 32.0 Å². The molecule has 6 heteroatoms. The summed E-state index contributed by atoms with van der Waals surface area (Å²) in [4.78, 5) is 16.3. The molecule has 1 amide bonds. The normalized spacial score (nSPS) is 10.3. The van der Waals surface area contributed by atoms with Crippen LogP contribution in [-0.4, -0.2) is 24.6 Å². The number of aromatic nitrogens is 1. The number of carbonyl (C=O) groups excluding carboxylic acids is 1. The third-order valence-electron chi connectivity index (χ3n) is 3.26. The van der Waals surface area contributed by atoms with Crippen molar-refractivity contribution in [2.24, 2.45) is 0 Å². The molecule has 0 atom stereocenters. The number of rotatable bonds is 6. The Labute approximate surface area is 146 Å². The largest absolute Gasteiger partial charge is 0.493 e. The van der Waals surface area contributed by atoms with Crippen LogP contribution in [0.15, 0.2) is 36.4 Å². The molecular weight excluding hydrogens is 318 g/mol. The van der Waals surface area contributed by atoms with Crippen LogP contribution < -0.4 is 14.8 Å². The molecule has 0 aliphatic heterocycles. The predicted molar refractivity (Wildman–Crippen MR) is 95.5 cm³/mol. The first-order chi connectivity index (χ1) is 12.0. The van der Waals surface area contributed by atoms with E-state index in [-0.39, 0.29) is 12.5 Å². The molecule has 128 valence electrons. The van der Waals surface area contributed by atoms with E-state index in [0.717, 1.165) is 17.0 Å². The maximum Gasteiger partial charge on any atom is 0.248 e. The van der Waals surface area contributed by atoms with Crippen LogP contribution in [0.4, 0.5) is 5.69 Å². The Kier molecular flexibility index (Phi) is 6.13. The highest BCUT2D eigenvalue weighted by Gasteiger charge is 2.05. The molecule has 0 aliphatic rings. The van der Waals surface area contributed by atoms with Crippen molar-refractivity contribution < 1.29 is 14.3 Å². The van der Waals surface area contributed by atoms with Crippen LogP contribution in [0.5, 0.6) is 11.5 Å². The average Bonchev–Trinajstić information content (AvgIpc) is 2.57. The minimum Gasteiger partial charge on any atom is -0.493 e. The monoisotopic (exact) mass is 337 g/mol. The zero-order valence-electron chi connectivity index (χ0n) is 14.4. The number of amides is 1. The summed E-state index contributed by atoms with van der Waals surface area (Å²) in [6.45, 7) is 3.69. The summed E-state index contributed by atoms with van der Waals surface area (Å²) in [7, 11) is 1.52. The van der Waals surface area contributed by atoms with E-state index < -0.39 is 0 Å². The fraction of sp³-hybridized carbons (Fsp3) is 0.211. The average molecular weight is 337 g/mol. The first-order valence-corrected chi connectivity index (χ1v) is 7.64. The van der Waals surface area contributed by atoms with Crippen molar-refractivity contribution >= 4 is 17.7 Å². The smallest absolute Gasteiger partial charge is 0.248 e. The summed E-state index contributed by atoms with van der Waals surface area (Å²) in [6, 6.07) is 10.7. The summed E-state index contributed by atoms with van der Waals surface area (Å²) in [5.41, 5.74) is 3.17. The molecule has 6 nitrogen and oxygen atoms in total. The molecule has 2 aromatic rings. The molecule has 0 radical (unpaired) electrons. The third kappa shape index (κ3) is 5.36. The summed E-state index contributed by atoms with van der Waals surface area (Å²) >= 11 is 0. The van der Waals surface area contributed by atoms with E-state index >= 15 is 0 Å². The number of aryl methyl sites for hydroxylation is 2. The van der Waals surface area contributed by atoms with Gasteiger partial charge in [-0.1, -0.05) is 6.07 Å². The summed E-state index contributed by atoms with van der Waals surface area (Å²) in [6.07, 6.45) is 3.11. The molecule has 0 saturated heterocycles. The van der Waals surface area contributed by atoms with Crippen molar-refractivity contribution in [3.05, 3.63) is 53.4 Å². The van der Waals surface area contributed by atoms with Crippen LogP contribution in [0.25, 0.3) is 6.08 Å². The number of nitriles is 1. The number of carbonyl (C=O) groups is 1. The van der Waals surface area contributed by atoms with Gasteiger partial charge in [-0.2, -0.15) is 5.26 Å². The van der Waals surface area contributed by atoms with E-state index in [9.17, 15) is 4.79 Å². The number of hydrogen-bond acceptors (Lipinski definition) is 5. The van der Waals surface area contributed by atoms with Crippen molar-refractivity contribution in [3.8, 4) is 17.6 Å². The van der Waals surface area contributed by atoms with Gasteiger partial charge < -0.3 is 14.8 Å². The maximum atomic E-state index is 12.1. The fourth-order valence-corrected chi connectivity index (χ4v) is 2.28. The zero-order valence-corrected chi connectivity index (χ0v) is 14.4. The van der Waals surface area contributed by atoms with Gasteiger partial charge in [0.05, 0.1) is 7.11 Å². The fourth-order valence-electron chi connectivity index (χ4n) is 2.28. The highest BCUT2D eigenvalue weighted by atomic mass is 16.5. The Bertz CT molecular complexity index is 818. The van der Waals surface area contributed by atoms with E-state index in [1.54, 1.807) is 24.3 Å². The highest BCUT2D eigenvalue weighted by Crippen LogP contribution is 2.28. The van der Waals surface area contributed by atoms with Gasteiger partial charge in [-0.25, -0.2) is 0 Å². The number of anilines is 1. The van der Waals surface area contributed by atoms with Gasteiger partial charge in [0.1, 0.15) is 6.07 Å². The Morgan fingerprint density at radius 2 is 1.96 bits per heavy atom. The van der Waals surface area contributed by atoms with E-state index in [2.05, 4.69) is 10.3 Å². The van der Waals surface area contributed by atoms with Gasteiger partial charge in [0.25, 0.3) is 0 Å². The van der Waals surface area contributed by atoms with Gasteiger partial charge in [-0.05, 0) is 49.8 Å². The number of nitrogens with one attached hydrogen (secondary N) is 1. The molecular formula is C19H19N3O3. The molecule has 0 fully saturated rings. The minimum atomic E-state index is -0.242. The van der Waals surface area contributed by atoms with Gasteiger partial charge in [0, 0.05) is 23.2 Å². The number of ether oxygens (including phenoxy) is 2. The van der Waals surface area contributed by atoms with Crippen LogP contribution in [-0.2, 0) is 4.79 Å². The molecule has 0 saturated carbocycles. The molecule has 1 aromatic carbocycles. The van der Waals surface area contributed by atoms with Gasteiger partial charge in [-0.3, -0.25) is 9.78 Å². The molecule has 1 N–H and O–H groups in total. The van der Waals surface area contributed by atoms with Crippen molar-refractivity contribution in [1.82, 2.24) is 4.98 Å². The van der Waals surface area contributed by atoms with E-state index in [4.69, 9.17) is 14.7 Å². The van der Waals surface area contributed by atoms with Gasteiger partial charge in [0.2, 0.25) is 5.91 Å². The molecule has 0 spiro atoms. The van der Waals surface area contributed by atoms with E-state index in [0.29, 0.717) is 17.2 Å². The van der Waals surface area contributed by atoms with Crippen LogP contribution in [0.3, 0.4) is 0 Å². The Balaban J connectivity index is 2.07. The first kappa shape index (κ1) is 18.0. The Morgan fingerprint density at radius 1 is 1.24 bits per heavy atom. The van der Waals surface area contributed by atoms with Crippen molar-refractivity contribution in [1.29, 1.82) is 5.26 Å². The highest BCUT2D eigenvalue weighted by molar-refractivity contribution is 6.02. The standard InChI is InChI=1S/C19H19N3O3/c1-13-10-16(11-14(2)21-13)22-19(23)7-5-15-4-6-17(25-9-8-20)18(12-15)24-3/h4-7,10-12H,9H2,1-3H3,(H,21,22,23)/b7-5+. The van der Waals surface area contributed by atoms with Gasteiger partial charge >= 0.3 is 0 Å². The molecule has 2 rings (SSSR count). The van der Waals surface area contributed by atoms with Gasteiger partial charge in [-0.15, -0.1) is 0 Å². The SMILES string of the molecule is COc1cc(/C=C/C(=O)Nc2cc(C)nc(C)c2)ccc1OCC#N. The summed E-state index contributed by atoms with van der Waals surface area (Å²) < 4.78 is 10.5. The molecule has 0 aliphatic carbocycles. The number of benzene rings is 1. The number of nitrogens with zero attached hydrogens (tertiary/aromatic N) is 2. The van der Waals surface area contributed by atoms with Crippen molar-refractivity contribution in [2.75, 3.05) is 19.0 Å². The first-order valence-electron chi connectivity index (χ1n) is 7.64. The Morgan fingerprint density at radius 3 is 2.60 bits per heavy atom. The second kappa shape index (κ2) is 8.50. The summed E-state index contributed by atoms with van der Waals surface area (Å²) in [5.74, 6) is 0.736. The van der Waals surface area contributed by atoms with Crippen LogP contribution >= 0.6 is 0 Å². The predicted octanol–water partition coefficient (Wildman–Crippen LogP) is 3.26. The van der Waals surface area contributed by atoms with Crippen molar-refractivity contribution in [3.63, 3.8) is 0 Å². The molecule has 0 unspecified atom stereocenters. The van der Waals surface area contributed by atoms with Crippen LogP contribution in [0.2, 0.25) is 0 Å². The maximum absolute atomic E-state index is 12.1. The lowest BCUT2D eigenvalue weighted by atomic mass is 10.2. The van der Waals surface area contributed by atoms with E-state index in [1.165, 1.54) is 13.2 Å². The second-order valence-electron chi connectivity index (χ2n) is 5.32. The number of methoxy groups -OCH3 is 1. The van der Waals surface area contributed by atoms with Crippen molar-refractivity contribution in [2.45, 2.75) is 13.8 Å². The second-order valence-corrected chi connectivity index (χ2v) is 5.32. The quantitative estimate of drug-likeness (QED) is 0.818. The van der Waals surface area contributed by atoms with Crippen LogP contribution in [0.1, 0.15) is 17.0 Å². The minimum absolute atomic E-state index is 0.0568. The Hall–Kier alpha value is -3.33. The number of hydrogen-bond donors (Lipinski definition) is 1. The lowest BCUT2D eigenvalue weighted by Crippen LogP contribution is -2.08.